The molecule has 2 N–H and O–H groups in total. The molecule has 1 rings (SSSR count). The van der Waals surface area contributed by atoms with Gasteiger partial charge in [0.15, 0.2) is 5.96 Å². The van der Waals surface area contributed by atoms with Gasteiger partial charge < -0.3 is 15.4 Å². The minimum atomic E-state index is 0.779. The molecule has 5 heteroatoms. The van der Waals surface area contributed by atoms with E-state index in [-0.39, 0.29) is 0 Å². The van der Waals surface area contributed by atoms with E-state index in [9.17, 15) is 0 Å². The van der Waals surface area contributed by atoms with E-state index in [0.29, 0.717) is 0 Å². The average Bonchev–Trinajstić information content (AvgIpc) is 2.55. The summed E-state index contributed by atoms with van der Waals surface area (Å²) in [5, 5.41) is 6.78. The molecule has 1 atom stereocenters. The van der Waals surface area contributed by atoms with Crippen LogP contribution in [0.25, 0.3) is 0 Å². The summed E-state index contributed by atoms with van der Waals surface area (Å²) in [6.45, 7) is 13.1. The molecule has 5 nitrogen and oxygen atoms in total. The number of aliphatic imine (C=N–C) groups is 1. The molecule has 0 saturated carbocycles. The average molecular weight is 313 g/mol. The first-order valence-corrected chi connectivity index (χ1v) is 9.15. The predicted molar refractivity (Wildman–Crippen MR) is 94.6 cm³/mol. The van der Waals surface area contributed by atoms with Crippen LogP contribution in [0.4, 0.5) is 0 Å². The van der Waals surface area contributed by atoms with Crippen LogP contribution >= 0.6 is 0 Å². The highest BCUT2D eigenvalue weighted by Gasteiger charge is 2.19. The summed E-state index contributed by atoms with van der Waals surface area (Å²) in [5.41, 5.74) is 0. The Morgan fingerprint density at radius 2 is 2.09 bits per heavy atom. The molecule has 0 bridgehead atoms. The normalized spacial score (nSPS) is 20.1. The first kappa shape index (κ1) is 19.2. The number of rotatable bonds is 10. The Hall–Kier alpha value is -0.810. The summed E-state index contributed by atoms with van der Waals surface area (Å²) < 4.78 is 5.34. The SMILES string of the molecule is CCNC(=NCCCOCC)NCCN1CCCCC1CC. The maximum absolute atomic E-state index is 5.34. The second kappa shape index (κ2) is 12.7. The van der Waals surface area contributed by atoms with Gasteiger partial charge in [-0.25, -0.2) is 0 Å². The highest BCUT2D eigenvalue weighted by Crippen LogP contribution is 2.18. The van der Waals surface area contributed by atoms with Crippen molar-refractivity contribution in [3.8, 4) is 0 Å². The molecule has 1 heterocycles. The Morgan fingerprint density at radius 1 is 1.23 bits per heavy atom. The van der Waals surface area contributed by atoms with Crippen molar-refractivity contribution in [1.82, 2.24) is 15.5 Å². The van der Waals surface area contributed by atoms with Crippen molar-refractivity contribution >= 4 is 5.96 Å². The lowest BCUT2D eigenvalue weighted by atomic mass is 10.0. The maximum Gasteiger partial charge on any atom is 0.191 e. The second-order valence-corrected chi connectivity index (χ2v) is 5.83. The summed E-state index contributed by atoms with van der Waals surface area (Å²) in [4.78, 5) is 7.24. The smallest absolute Gasteiger partial charge is 0.191 e. The molecule has 130 valence electrons. The molecule has 1 fully saturated rings. The molecule has 1 unspecified atom stereocenters. The van der Waals surface area contributed by atoms with Crippen LogP contribution < -0.4 is 10.6 Å². The van der Waals surface area contributed by atoms with Crippen LogP contribution in [0.5, 0.6) is 0 Å². The summed E-state index contributed by atoms with van der Waals surface area (Å²) in [5.74, 6) is 0.934. The van der Waals surface area contributed by atoms with E-state index < -0.39 is 0 Å². The van der Waals surface area contributed by atoms with Crippen molar-refractivity contribution < 1.29 is 4.74 Å². The largest absolute Gasteiger partial charge is 0.382 e. The van der Waals surface area contributed by atoms with E-state index >= 15 is 0 Å². The monoisotopic (exact) mass is 312 g/mol. The molecule has 0 aromatic carbocycles. The van der Waals surface area contributed by atoms with Crippen LogP contribution in [0.1, 0.15) is 52.9 Å². The molecule has 0 aliphatic carbocycles. The number of hydrogen-bond donors (Lipinski definition) is 2. The summed E-state index contributed by atoms with van der Waals surface area (Å²) in [6.07, 6.45) is 6.36. The molecule has 0 aromatic heterocycles. The number of nitrogens with one attached hydrogen (secondary N) is 2. The zero-order valence-corrected chi connectivity index (χ0v) is 14.9. The summed E-state index contributed by atoms with van der Waals surface area (Å²) in [6, 6.07) is 0.779. The highest BCUT2D eigenvalue weighted by atomic mass is 16.5. The fraction of sp³-hybridized carbons (Fsp3) is 0.941. The van der Waals surface area contributed by atoms with Crippen LogP contribution in [0.2, 0.25) is 0 Å². The summed E-state index contributed by atoms with van der Waals surface area (Å²) in [7, 11) is 0. The van der Waals surface area contributed by atoms with Crippen LogP contribution in [-0.4, -0.2) is 62.8 Å². The topological polar surface area (TPSA) is 48.9 Å². The molecule has 1 aliphatic heterocycles. The number of guanidine groups is 1. The van der Waals surface area contributed by atoms with Gasteiger partial charge in [0, 0.05) is 45.4 Å². The molecule has 1 aliphatic rings. The van der Waals surface area contributed by atoms with E-state index in [1.807, 2.05) is 6.92 Å². The van der Waals surface area contributed by atoms with Gasteiger partial charge in [0.05, 0.1) is 0 Å². The third kappa shape index (κ3) is 7.99. The standard InChI is InChI=1S/C17H36N4O/c1-4-16-10-7-8-13-21(16)14-12-20-17(18-5-2)19-11-9-15-22-6-3/h16H,4-15H2,1-3H3,(H2,18,19,20). The van der Waals surface area contributed by atoms with Crippen LogP contribution in [0.3, 0.4) is 0 Å². The Kier molecular flexibility index (Phi) is 11.1. The first-order valence-electron chi connectivity index (χ1n) is 9.15. The predicted octanol–water partition coefficient (Wildman–Crippen LogP) is 2.23. The Balaban J connectivity index is 2.26. The van der Waals surface area contributed by atoms with Crippen molar-refractivity contribution in [2.24, 2.45) is 4.99 Å². The van der Waals surface area contributed by atoms with E-state index in [1.165, 1.54) is 32.2 Å². The minimum Gasteiger partial charge on any atom is -0.382 e. The van der Waals surface area contributed by atoms with Crippen molar-refractivity contribution in [1.29, 1.82) is 0 Å². The second-order valence-electron chi connectivity index (χ2n) is 5.83. The van der Waals surface area contributed by atoms with Crippen molar-refractivity contribution in [2.45, 2.75) is 58.9 Å². The minimum absolute atomic E-state index is 0.779. The molecule has 0 radical (unpaired) electrons. The zero-order chi connectivity index (χ0) is 16.0. The van der Waals surface area contributed by atoms with Crippen LogP contribution in [-0.2, 0) is 4.74 Å². The van der Waals surface area contributed by atoms with Crippen molar-refractivity contribution in [2.75, 3.05) is 45.9 Å². The van der Waals surface area contributed by atoms with E-state index in [1.54, 1.807) is 0 Å². The van der Waals surface area contributed by atoms with Gasteiger partial charge >= 0.3 is 0 Å². The van der Waals surface area contributed by atoms with Gasteiger partial charge in [0.25, 0.3) is 0 Å². The fourth-order valence-electron chi connectivity index (χ4n) is 2.98. The van der Waals surface area contributed by atoms with Crippen molar-refractivity contribution in [3.63, 3.8) is 0 Å². The fourth-order valence-corrected chi connectivity index (χ4v) is 2.98. The quantitative estimate of drug-likeness (QED) is 0.369. The van der Waals surface area contributed by atoms with Crippen LogP contribution in [0.15, 0.2) is 4.99 Å². The number of hydrogen-bond acceptors (Lipinski definition) is 3. The van der Waals surface area contributed by atoms with Gasteiger partial charge in [-0.3, -0.25) is 9.89 Å². The summed E-state index contributed by atoms with van der Waals surface area (Å²) >= 11 is 0. The molecule has 22 heavy (non-hydrogen) atoms. The lowest BCUT2D eigenvalue weighted by Gasteiger charge is -2.35. The third-order valence-electron chi connectivity index (χ3n) is 4.18. The lowest BCUT2D eigenvalue weighted by molar-refractivity contribution is 0.146. The number of piperidine rings is 1. The van der Waals surface area contributed by atoms with Gasteiger partial charge in [-0.1, -0.05) is 13.3 Å². The molecule has 0 aromatic rings. The van der Waals surface area contributed by atoms with Crippen molar-refractivity contribution in [3.05, 3.63) is 0 Å². The molecule has 1 saturated heterocycles. The van der Waals surface area contributed by atoms with Gasteiger partial charge in [0.2, 0.25) is 0 Å². The Labute approximate surface area is 136 Å². The Bertz CT molecular complexity index is 296. The third-order valence-corrected chi connectivity index (χ3v) is 4.18. The Morgan fingerprint density at radius 3 is 2.82 bits per heavy atom. The van der Waals surface area contributed by atoms with Gasteiger partial charge in [-0.2, -0.15) is 0 Å². The first-order chi connectivity index (χ1) is 10.8. The number of likely N-dealkylation sites (tertiary alicyclic amines) is 1. The van der Waals surface area contributed by atoms with E-state index in [0.717, 1.165) is 57.8 Å². The zero-order valence-electron chi connectivity index (χ0n) is 14.9. The molecular formula is C17H36N4O. The molecular weight excluding hydrogens is 276 g/mol. The lowest BCUT2D eigenvalue weighted by Crippen LogP contribution is -2.46. The molecule has 0 spiro atoms. The van der Waals surface area contributed by atoms with Gasteiger partial charge in [-0.05, 0) is 46.1 Å². The number of nitrogens with zero attached hydrogens (tertiary/aromatic N) is 2. The van der Waals surface area contributed by atoms with E-state index in [2.05, 4.69) is 34.4 Å². The van der Waals surface area contributed by atoms with Gasteiger partial charge in [-0.15, -0.1) is 0 Å². The highest BCUT2D eigenvalue weighted by molar-refractivity contribution is 5.79. The molecule has 0 amide bonds. The number of ether oxygens (including phenoxy) is 1. The van der Waals surface area contributed by atoms with Gasteiger partial charge in [0.1, 0.15) is 0 Å². The maximum atomic E-state index is 5.34. The van der Waals surface area contributed by atoms with E-state index in [4.69, 9.17) is 4.74 Å². The van der Waals surface area contributed by atoms with Crippen LogP contribution in [0, 0.1) is 0 Å².